The zero-order valence-electron chi connectivity index (χ0n) is 6.95. The van der Waals surface area contributed by atoms with Crippen molar-refractivity contribution in [2.24, 2.45) is 5.92 Å². The van der Waals surface area contributed by atoms with E-state index in [0.717, 1.165) is 12.5 Å². The second kappa shape index (κ2) is 4.38. The number of carbonyl (C=O) groups excluding carboxylic acids is 1. The van der Waals surface area contributed by atoms with Crippen molar-refractivity contribution in [3.05, 3.63) is 0 Å². The van der Waals surface area contributed by atoms with Crippen molar-refractivity contribution in [2.75, 3.05) is 19.6 Å². The molecule has 0 aromatic carbocycles. The Morgan fingerprint density at radius 1 is 1.33 bits per heavy atom. The summed E-state index contributed by atoms with van der Waals surface area (Å²) in [6.45, 7) is 3.49. The van der Waals surface area contributed by atoms with Crippen LogP contribution in [0.5, 0.6) is 0 Å². The summed E-state index contributed by atoms with van der Waals surface area (Å²) < 4.78 is 0. The zero-order chi connectivity index (χ0) is 7.68. The summed E-state index contributed by atoms with van der Waals surface area (Å²) in [4.78, 5) is 12.5. The van der Waals surface area contributed by atoms with Crippen LogP contribution in [0.2, 0.25) is 0 Å². The van der Waals surface area contributed by atoms with Crippen molar-refractivity contribution >= 4 is 6.41 Å². The minimum atomic E-state index is 0. The monoisotopic (exact) mass is 337 g/mol. The van der Waals surface area contributed by atoms with Crippen LogP contribution in [0, 0.1) is 5.92 Å². The van der Waals surface area contributed by atoms with Crippen LogP contribution in [0.3, 0.4) is 0 Å². The molecule has 3 rings (SSSR count). The maximum Gasteiger partial charge on any atom is 0.0162 e. The number of nitrogens with zero attached hydrogens (tertiary/aromatic N) is 1. The van der Waals surface area contributed by atoms with Gasteiger partial charge in [-0.05, 0) is 31.8 Å². The largest absolute Gasteiger partial charge is 0.526 e. The second-order valence-corrected chi connectivity index (χ2v) is 3.49. The van der Waals surface area contributed by atoms with E-state index in [1.807, 2.05) is 0 Å². The molecule has 3 heterocycles. The molecule has 0 aliphatic carbocycles. The van der Waals surface area contributed by atoms with Crippen molar-refractivity contribution in [3.8, 4) is 0 Å². The Bertz CT molecular complexity index is 157. The number of fused-ring (bicyclic) bond motifs is 3. The first-order valence-electron chi connectivity index (χ1n) is 4.25. The summed E-state index contributed by atoms with van der Waals surface area (Å²) in [5.74, 6) is 0.724. The molecule has 0 unspecified atom stereocenters. The van der Waals surface area contributed by atoms with E-state index in [1.54, 1.807) is 6.41 Å². The van der Waals surface area contributed by atoms with E-state index in [-0.39, 0.29) is 21.1 Å². The Balaban J connectivity index is 0.000000720. The standard InChI is InChI=1S/C8H13N2O.W/c11-6-9-8-5-10-3-1-7(8)2-4-10;/h7-8H,1-5H2,(H,9,11);/q-1;/t8-;/m1./s1. The van der Waals surface area contributed by atoms with Crippen LogP contribution in [0.4, 0.5) is 0 Å². The van der Waals surface area contributed by atoms with Crippen LogP contribution in [-0.4, -0.2) is 37.0 Å². The molecule has 0 saturated carbocycles. The van der Waals surface area contributed by atoms with Crippen LogP contribution in [-0.2, 0) is 25.9 Å². The Kier molecular flexibility index (Phi) is 3.72. The van der Waals surface area contributed by atoms with Gasteiger partial charge in [-0.2, -0.15) is 6.41 Å². The van der Waals surface area contributed by atoms with Crippen LogP contribution in [0.1, 0.15) is 12.8 Å². The van der Waals surface area contributed by atoms with E-state index in [4.69, 9.17) is 0 Å². The SMILES string of the molecule is O=[C-]N[C@@H]1CN2CCC1CC2.[W]. The second-order valence-electron chi connectivity index (χ2n) is 3.49. The fraction of sp³-hybridized carbons (Fsp3) is 0.875. The first-order valence-corrected chi connectivity index (χ1v) is 4.25. The van der Waals surface area contributed by atoms with Gasteiger partial charge in [0.2, 0.25) is 0 Å². The van der Waals surface area contributed by atoms with Crippen molar-refractivity contribution in [2.45, 2.75) is 18.9 Å². The summed E-state index contributed by atoms with van der Waals surface area (Å²) in [5.41, 5.74) is 0. The molecule has 0 spiro atoms. The van der Waals surface area contributed by atoms with Crippen molar-refractivity contribution in [1.82, 2.24) is 10.2 Å². The average molecular weight is 337 g/mol. The van der Waals surface area contributed by atoms with Gasteiger partial charge in [0.15, 0.2) is 0 Å². The number of nitrogens with one attached hydrogen (secondary N) is 1. The predicted molar refractivity (Wildman–Crippen MR) is 41.8 cm³/mol. The normalized spacial score (nSPS) is 38.5. The van der Waals surface area contributed by atoms with Gasteiger partial charge in [0.05, 0.1) is 0 Å². The molecule has 3 fully saturated rings. The Morgan fingerprint density at radius 2 is 2.00 bits per heavy atom. The molecular weight excluding hydrogens is 324 g/mol. The van der Waals surface area contributed by atoms with E-state index >= 15 is 0 Å². The molecule has 68 valence electrons. The van der Waals surface area contributed by atoms with Gasteiger partial charge in [-0.1, -0.05) is 0 Å². The van der Waals surface area contributed by atoms with Crippen LogP contribution >= 0.6 is 0 Å². The number of amides is 1. The molecule has 3 aliphatic rings. The maximum absolute atomic E-state index is 10.1. The third-order valence-corrected chi connectivity index (χ3v) is 2.90. The smallest absolute Gasteiger partial charge is 0.0162 e. The quantitative estimate of drug-likeness (QED) is 0.556. The molecule has 3 saturated heterocycles. The Morgan fingerprint density at radius 3 is 2.42 bits per heavy atom. The summed E-state index contributed by atoms with van der Waals surface area (Å²) in [6.07, 6.45) is 4.29. The topological polar surface area (TPSA) is 32.3 Å². The van der Waals surface area contributed by atoms with Gasteiger partial charge in [0, 0.05) is 33.7 Å². The molecule has 1 amide bonds. The van der Waals surface area contributed by atoms with Gasteiger partial charge in [-0.3, -0.25) is 0 Å². The van der Waals surface area contributed by atoms with E-state index < -0.39 is 0 Å². The van der Waals surface area contributed by atoms with Gasteiger partial charge in [0.1, 0.15) is 0 Å². The third kappa shape index (κ3) is 1.89. The molecular formula is C8H13N2OW-. The first kappa shape index (κ1) is 10.2. The van der Waals surface area contributed by atoms with Gasteiger partial charge in [-0.15, -0.1) is 0 Å². The number of rotatable bonds is 2. The average Bonchev–Trinajstić information content (AvgIpc) is 2.07. The zero-order valence-corrected chi connectivity index (χ0v) is 9.89. The Hall–Kier alpha value is 0.118. The van der Waals surface area contributed by atoms with Gasteiger partial charge in [0.25, 0.3) is 0 Å². The fourth-order valence-corrected chi connectivity index (χ4v) is 2.20. The van der Waals surface area contributed by atoms with Crippen molar-refractivity contribution < 1.29 is 25.9 Å². The third-order valence-electron chi connectivity index (χ3n) is 2.90. The number of piperidine rings is 3. The molecule has 1 N–H and O–H groups in total. The molecule has 0 radical (unpaired) electrons. The summed E-state index contributed by atoms with van der Waals surface area (Å²) in [5, 5.41) is 2.77. The summed E-state index contributed by atoms with van der Waals surface area (Å²) in [6, 6.07) is 0.384. The molecule has 0 aromatic heterocycles. The van der Waals surface area contributed by atoms with Crippen LogP contribution in [0.15, 0.2) is 0 Å². The fourth-order valence-electron chi connectivity index (χ4n) is 2.20. The maximum atomic E-state index is 10.1. The minimum absolute atomic E-state index is 0. The molecule has 3 aliphatic heterocycles. The molecule has 4 heteroatoms. The Labute approximate surface area is 87.1 Å². The number of hydrogen-bond acceptors (Lipinski definition) is 2. The molecule has 12 heavy (non-hydrogen) atoms. The predicted octanol–water partition coefficient (Wildman–Crippen LogP) is -0.265. The van der Waals surface area contributed by atoms with Gasteiger partial charge < -0.3 is 15.0 Å². The van der Waals surface area contributed by atoms with Gasteiger partial charge in [-0.25, -0.2) is 0 Å². The van der Waals surface area contributed by atoms with Gasteiger partial charge >= 0.3 is 0 Å². The summed E-state index contributed by atoms with van der Waals surface area (Å²) >= 11 is 0. The van der Waals surface area contributed by atoms with E-state index in [2.05, 4.69) is 10.2 Å². The van der Waals surface area contributed by atoms with Crippen LogP contribution in [0.25, 0.3) is 0 Å². The molecule has 2 bridgehead atoms. The van der Waals surface area contributed by atoms with E-state index in [1.165, 1.54) is 25.9 Å². The first-order chi connectivity index (χ1) is 5.40. The molecule has 0 aromatic rings. The van der Waals surface area contributed by atoms with Crippen LogP contribution < -0.4 is 5.32 Å². The molecule has 1 atom stereocenters. The van der Waals surface area contributed by atoms with Crippen molar-refractivity contribution in [1.29, 1.82) is 0 Å². The number of hydrogen-bond donors (Lipinski definition) is 1. The molecule has 3 nitrogen and oxygen atoms in total. The van der Waals surface area contributed by atoms with E-state index in [9.17, 15) is 4.79 Å². The van der Waals surface area contributed by atoms with E-state index in [0.29, 0.717) is 6.04 Å². The minimum Gasteiger partial charge on any atom is -0.526 e. The summed E-state index contributed by atoms with van der Waals surface area (Å²) in [7, 11) is 0. The van der Waals surface area contributed by atoms with Crippen molar-refractivity contribution in [3.63, 3.8) is 0 Å².